The molecule has 0 aromatic heterocycles. The Morgan fingerprint density at radius 3 is 2.47 bits per heavy atom. The van der Waals surface area contributed by atoms with E-state index < -0.39 is 16.8 Å². The van der Waals surface area contributed by atoms with Crippen molar-refractivity contribution in [2.24, 2.45) is 5.41 Å². The Hall–Kier alpha value is -0.420. The second-order valence-electron chi connectivity index (χ2n) is 5.57. The number of rotatable bonds is 8. The minimum Gasteiger partial charge on any atom is -0.481 e. The number of carboxylic acids is 1. The zero-order valence-electron chi connectivity index (χ0n) is 10.8. The van der Waals surface area contributed by atoms with Gasteiger partial charge in [-0.2, -0.15) is 0 Å². The molecule has 1 aliphatic rings. The molecule has 1 unspecified atom stereocenters. The van der Waals surface area contributed by atoms with Crippen LogP contribution < -0.4 is 0 Å². The average Bonchev–Trinajstić information content (AvgIpc) is 2.94. The van der Waals surface area contributed by atoms with Crippen LogP contribution in [0.1, 0.15) is 39.5 Å². The largest absolute Gasteiger partial charge is 0.481 e. The van der Waals surface area contributed by atoms with Gasteiger partial charge in [0.25, 0.3) is 0 Å². The molecule has 0 amide bonds. The molecule has 0 aliphatic heterocycles. The van der Waals surface area contributed by atoms with E-state index in [4.69, 9.17) is 9.84 Å². The lowest BCUT2D eigenvalue weighted by Gasteiger charge is -2.22. The van der Waals surface area contributed by atoms with Crippen LogP contribution in [0.15, 0.2) is 0 Å². The first-order chi connectivity index (χ1) is 7.79. The van der Waals surface area contributed by atoms with Gasteiger partial charge in [0.1, 0.15) is 0 Å². The molecule has 17 heavy (non-hydrogen) atoms. The Morgan fingerprint density at radius 2 is 2.06 bits per heavy atom. The topological polar surface area (TPSA) is 63.6 Å². The summed E-state index contributed by atoms with van der Waals surface area (Å²) in [7, 11) is 0.714. The Balaban J connectivity index is 2.33. The fraction of sp³-hybridized carbons (Fsp3) is 0.917. The predicted octanol–water partition coefficient (Wildman–Crippen LogP) is 1.81. The van der Waals surface area contributed by atoms with E-state index in [2.05, 4.69) is 0 Å². The monoisotopic (exact) mass is 262 g/mol. The molecule has 1 atom stereocenters. The van der Waals surface area contributed by atoms with Crippen molar-refractivity contribution < 1.29 is 18.8 Å². The molecule has 0 heterocycles. The summed E-state index contributed by atoms with van der Waals surface area (Å²) in [6.45, 7) is 3.93. The number of hydrogen-bond acceptors (Lipinski definition) is 3. The van der Waals surface area contributed by atoms with Crippen LogP contribution >= 0.6 is 0 Å². The molecule has 0 aromatic carbocycles. The third-order valence-electron chi connectivity index (χ3n) is 3.43. The number of aliphatic carboxylic acids is 1. The number of hydrogen-bond donors (Lipinski definition) is 1. The van der Waals surface area contributed by atoms with Crippen LogP contribution in [0.25, 0.3) is 0 Å². The highest BCUT2D eigenvalue weighted by molar-refractivity contribution is 7.85. The summed E-state index contributed by atoms with van der Waals surface area (Å²) in [5, 5.41) is 8.78. The van der Waals surface area contributed by atoms with Gasteiger partial charge in [-0.05, 0) is 38.5 Å². The number of methoxy groups -OCH3 is 1. The molecule has 1 N–H and O–H groups in total. The minimum atomic E-state index is -0.935. The van der Waals surface area contributed by atoms with Crippen molar-refractivity contribution in [2.45, 2.75) is 45.1 Å². The molecule has 1 rings (SSSR count). The standard InChI is InChI=1S/C12H22O4S/c1-11(2,16-3)6-7-17(15)9-12(4-5-12)8-10(13)14/h4-9H2,1-3H3,(H,13,14). The van der Waals surface area contributed by atoms with Gasteiger partial charge in [0, 0.05) is 29.4 Å². The second kappa shape index (κ2) is 5.48. The smallest absolute Gasteiger partial charge is 0.303 e. The van der Waals surface area contributed by atoms with Crippen molar-refractivity contribution in [3.8, 4) is 0 Å². The van der Waals surface area contributed by atoms with E-state index in [0.717, 1.165) is 19.3 Å². The summed E-state index contributed by atoms with van der Waals surface area (Å²) in [6.07, 6.45) is 2.70. The number of carbonyl (C=O) groups is 1. The third-order valence-corrected chi connectivity index (χ3v) is 5.03. The van der Waals surface area contributed by atoms with E-state index in [9.17, 15) is 9.00 Å². The van der Waals surface area contributed by atoms with E-state index in [1.54, 1.807) is 7.11 Å². The van der Waals surface area contributed by atoms with Crippen molar-refractivity contribution in [1.82, 2.24) is 0 Å². The van der Waals surface area contributed by atoms with Crippen LogP contribution in [0, 0.1) is 5.41 Å². The van der Waals surface area contributed by atoms with Crippen LogP contribution in [-0.2, 0) is 20.3 Å². The lowest BCUT2D eigenvalue weighted by atomic mass is 10.1. The molecule has 4 nitrogen and oxygen atoms in total. The summed E-state index contributed by atoms with van der Waals surface area (Å²) in [5.41, 5.74) is -0.424. The third kappa shape index (κ3) is 5.17. The van der Waals surface area contributed by atoms with Gasteiger partial charge in [0.15, 0.2) is 0 Å². The molecule has 0 aromatic rings. The Labute approximate surface area is 105 Å². The molecule has 1 aliphatic carbocycles. The summed E-state index contributed by atoms with van der Waals surface area (Å²) in [6, 6.07) is 0. The van der Waals surface area contributed by atoms with Crippen LogP contribution in [-0.4, -0.2) is 39.5 Å². The first-order valence-electron chi connectivity index (χ1n) is 5.91. The van der Waals surface area contributed by atoms with Crippen molar-refractivity contribution in [1.29, 1.82) is 0 Å². The van der Waals surface area contributed by atoms with Crippen molar-refractivity contribution in [2.75, 3.05) is 18.6 Å². The van der Waals surface area contributed by atoms with E-state index in [-0.39, 0.29) is 17.4 Å². The number of carboxylic acid groups (broad SMARTS) is 1. The summed E-state index contributed by atoms with van der Waals surface area (Å²) >= 11 is 0. The maximum atomic E-state index is 11.9. The first kappa shape index (κ1) is 14.6. The molecule has 0 spiro atoms. The second-order valence-corrected chi connectivity index (χ2v) is 7.15. The molecule has 0 saturated heterocycles. The Morgan fingerprint density at radius 1 is 1.47 bits per heavy atom. The van der Waals surface area contributed by atoms with E-state index >= 15 is 0 Å². The maximum absolute atomic E-state index is 11.9. The SMILES string of the molecule is COC(C)(C)CCS(=O)CC1(CC(=O)O)CC1. The van der Waals surface area contributed by atoms with Gasteiger partial charge in [0.05, 0.1) is 12.0 Å². The fourth-order valence-corrected chi connectivity index (χ4v) is 3.68. The predicted molar refractivity (Wildman–Crippen MR) is 67.5 cm³/mol. The van der Waals surface area contributed by atoms with Gasteiger partial charge in [-0.25, -0.2) is 0 Å². The fourth-order valence-electron chi connectivity index (χ4n) is 1.75. The van der Waals surface area contributed by atoms with Crippen LogP contribution in [0.4, 0.5) is 0 Å². The van der Waals surface area contributed by atoms with Crippen molar-refractivity contribution in [3.63, 3.8) is 0 Å². The summed E-state index contributed by atoms with van der Waals surface area (Å²) < 4.78 is 17.2. The van der Waals surface area contributed by atoms with Gasteiger partial charge in [-0.15, -0.1) is 0 Å². The average molecular weight is 262 g/mol. The molecular formula is C12H22O4S. The van der Waals surface area contributed by atoms with Gasteiger partial charge in [-0.1, -0.05) is 0 Å². The molecule has 100 valence electrons. The van der Waals surface area contributed by atoms with Crippen molar-refractivity contribution in [3.05, 3.63) is 0 Å². The quantitative estimate of drug-likeness (QED) is 0.724. The Kier molecular flexibility index (Phi) is 4.72. The van der Waals surface area contributed by atoms with Gasteiger partial charge >= 0.3 is 5.97 Å². The molecule has 1 fully saturated rings. The first-order valence-corrected chi connectivity index (χ1v) is 7.39. The van der Waals surface area contributed by atoms with Gasteiger partial charge in [0.2, 0.25) is 0 Å². The van der Waals surface area contributed by atoms with Crippen LogP contribution in [0.3, 0.4) is 0 Å². The normalized spacial score (nSPS) is 19.9. The zero-order valence-corrected chi connectivity index (χ0v) is 11.6. The minimum absolute atomic E-state index is 0.159. The zero-order chi connectivity index (χ0) is 13.1. The van der Waals surface area contributed by atoms with Crippen molar-refractivity contribution >= 4 is 16.8 Å². The van der Waals surface area contributed by atoms with E-state index in [1.807, 2.05) is 13.8 Å². The Bertz CT molecular complexity index is 308. The van der Waals surface area contributed by atoms with Gasteiger partial charge < -0.3 is 9.84 Å². The highest BCUT2D eigenvalue weighted by atomic mass is 32.2. The maximum Gasteiger partial charge on any atom is 0.303 e. The number of ether oxygens (including phenoxy) is 1. The van der Waals surface area contributed by atoms with Crippen LogP contribution in [0.5, 0.6) is 0 Å². The highest BCUT2D eigenvalue weighted by Crippen LogP contribution is 2.49. The molecule has 1 saturated carbocycles. The van der Waals surface area contributed by atoms with E-state index in [1.165, 1.54) is 0 Å². The lowest BCUT2D eigenvalue weighted by Crippen LogP contribution is -2.26. The molecule has 0 radical (unpaired) electrons. The van der Waals surface area contributed by atoms with E-state index in [0.29, 0.717) is 11.5 Å². The molecule has 0 bridgehead atoms. The molecule has 5 heteroatoms. The molecular weight excluding hydrogens is 240 g/mol. The summed E-state index contributed by atoms with van der Waals surface area (Å²) in [5.74, 6) is 0.332. The summed E-state index contributed by atoms with van der Waals surface area (Å²) in [4.78, 5) is 10.7. The lowest BCUT2D eigenvalue weighted by molar-refractivity contribution is -0.138. The van der Waals surface area contributed by atoms with Gasteiger partial charge in [-0.3, -0.25) is 9.00 Å². The van der Waals surface area contributed by atoms with Crippen LogP contribution in [0.2, 0.25) is 0 Å². The highest BCUT2D eigenvalue weighted by Gasteiger charge is 2.45.